The molecule has 0 bridgehead atoms. The fourth-order valence-electron chi connectivity index (χ4n) is 1.70. The van der Waals surface area contributed by atoms with E-state index in [9.17, 15) is 24.5 Å². The lowest BCUT2D eigenvalue weighted by Gasteiger charge is -2.08. The SMILES string of the molecule is Cc1c(O)cc(C(=O)c2ccc(O)c(O)c2F)cc1O. The number of aromatic hydroxyl groups is 4. The van der Waals surface area contributed by atoms with Gasteiger partial charge in [-0.2, -0.15) is 0 Å². The van der Waals surface area contributed by atoms with E-state index in [2.05, 4.69) is 0 Å². The summed E-state index contributed by atoms with van der Waals surface area (Å²) in [5.41, 5.74) is -0.437. The maximum Gasteiger partial charge on any atom is 0.196 e. The fraction of sp³-hybridized carbons (Fsp3) is 0.0714. The highest BCUT2D eigenvalue weighted by atomic mass is 19.1. The van der Waals surface area contributed by atoms with Crippen molar-refractivity contribution >= 4 is 5.78 Å². The van der Waals surface area contributed by atoms with Crippen LogP contribution in [-0.2, 0) is 0 Å². The molecule has 0 aromatic heterocycles. The van der Waals surface area contributed by atoms with Gasteiger partial charge in [-0.15, -0.1) is 0 Å². The van der Waals surface area contributed by atoms with Crippen molar-refractivity contribution in [3.8, 4) is 23.0 Å². The molecular weight excluding hydrogens is 267 g/mol. The molecule has 2 rings (SSSR count). The molecule has 6 heteroatoms. The monoisotopic (exact) mass is 278 g/mol. The molecule has 104 valence electrons. The molecule has 0 aliphatic rings. The first-order chi connectivity index (χ1) is 9.32. The minimum absolute atomic E-state index is 0.144. The molecule has 0 saturated heterocycles. The van der Waals surface area contributed by atoms with E-state index in [1.165, 1.54) is 6.92 Å². The Labute approximate surface area is 113 Å². The molecule has 0 amide bonds. The van der Waals surface area contributed by atoms with Crippen molar-refractivity contribution in [2.75, 3.05) is 0 Å². The zero-order valence-electron chi connectivity index (χ0n) is 10.4. The van der Waals surface area contributed by atoms with Crippen LogP contribution in [0.25, 0.3) is 0 Å². The summed E-state index contributed by atoms with van der Waals surface area (Å²) in [6, 6.07) is 4.14. The Balaban J connectivity index is 2.55. The van der Waals surface area contributed by atoms with Gasteiger partial charge in [-0.1, -0.05) is 0 Å². The average molecular weight is 278 g/mol. The zero-order chi connectivity index (χ0) is 15.0. The van der Waals surface area contributed by atoms with Gasteiger partial charge in [0.1, 0.15) is 11.5 Å². The fourth-order valence-corrected chi connectivity index (χ4v) is 1.70. The third-order valence-corrected chi connectivity index (χ3v) is 2.95. The summed E-state index contributed by atoms with van der Waals surface area (Å²) in [7, 11) is 0. The van der Waals surface area contributed by atoms with Gasteiger partial charge in [-0.05, 0) is 31.2 Å². The predicted octanol–water partition coefficient (Wildman–Crippen LogP) is 2.19. The number of hydrogen-bond donors (Lipinski definition) is 4. The third-order valence-electron chi connectivity index (χ3n) is 2.95. The Morgan fingerprint density at radius 3 is 2.10 bits per heavy atom. The van der Waals surface area contributed by atoms with E-state index >= 15 is 0 Å². The lowest BCUT2D eigenvalue weighted by atomic mass is 10.00. The van der Waals surface area contributed by atoms with Crippen LogP contribution in [0.4, 0.5) is 4.39 Å². The van der Waals surface area contributed by atoms with Crippen LogP contribution in [0.5, 0.6) is 23.0 Å². The second-order valence-corrected chi connectivity index (χ2v) is 4.26. The molecule has 0 aliphatic heterocycles. The Morgan fingerprint density at radius 1 is 1.00 bits per heavy atom. The number of carbonyl (C=O) groups is 1. The van der Waals surface area contributed by atoms with Crippen LogP contribution >= 0.6 is 0 Å². The van der Waals surface area contributed by atoms with E-state index in [0.717, 1.165) is 24.3 Å². The van der Waals surface area contributed by atoms with Gasteiger partial charge in [0.05, 0.1) is 5.56 Å². The number of phenolic OH excluding ortho intramolecular Hbond substituents is 4. The quantitative estimate of drug-likeness (QED) is 0.498. The van der Waals surface area contributed by atoms with Gasteiger partial charge in [-0.3, -0.25) is 4.79 Å². The summed E-state index contributed by atoms with van der Waals surface area (Å²) in [5.74, 6) is -4.45. The minimum Gasteiger partial charge on any atom is -0.508 e. The highest BCUT2D eigenvalue weighted by Gasteiger charge is 2.20. The molecular formula is C14H11FO5. The highest BCUT2D eigenvalue weighted by Crippen LogP contribution is 2.33. The van der Waals surface area contributed by atoms with Crippen molar-refractivity contribution in [1.29, 1.82) is 0 Å². The Morgan fingerprint density at radius 2 is 1.55 bits per heavy atom. The van der Waals surface area contributed by atoms with Crippen LogP contribution in [-0.4, -0.2) is 26.2 Å². The van der Waals surface area contributed by atoms with E-state index in [-0.39, 0.29) is 22.6 Å². The molecule has 0 heterocycles. The van der Waals surface area contributed by atoms with Gasteiger partial charge in [0, 0.05) is 11.1 Å². The van der Waals surface area contributed by atoms with Crippen molar-refractivity contribution < 1.29 is 29.6 Å². The van der Waals surface area contributed by atoms with Crippen molar-refractivity contribution in [3.05, 3.63) is 46.8 Å². The molecule has 0 fully saturated rings. The highest BCUT2D eigenvalue weighted by molar-refractivity contribution is 6.10. The normalized spacial score (nSPS) is 10.5. The Kier molecular flexibility index (Phi) is 3.23. The van der Waals surface area contributed by atoms with Crippen molar-refractivity contribution in [3.63, 3.8) is 0 Å². The summed E-state index contributed by atoms with van der Waals surface area (Å²) < 4.78 is 13.7. The number of phenols is 4. The van der Waals surface area contributed by atoms with Gasteiger partial charge >= 0.3 is 0 Å². The molecule has 20 heavy (non-hydrogen) atoms. The first kappa shape index (κ1) is 13.7. The first-order valence-electron chi connectivity index (χ1n) is 5.60. The minimum atomic E-state index is -1.27. The van der Waals surface area contributed by atoms with Crippen molar-refractivity contribution in [1.82, 2.24) is 0 Å². The van der Waals surface area contributed by atoms with Gasteiger partial charge < -0.3 is 20.4 Å². The molecule has 0 atom stereocenters. The zero-order valence-corrected chi connectivity index (χ0v) is 10.4. The van der Waals surface area contributed by atoms with E-state index < -0.39 is 28.7 Å². The van der Waals surface area contributed by atoms with Crippen LogP contribution < -0.4 is 0 Å². The molecule has 4 N–H and O–H groups in total. The van der Waals surface area contributed by atoms with Crippen LogP contribution in [0, 0.1) is 12.7 Å². The largest absolute Gasteiger partial charge is 0.508 e. The van der Waals surface area contributed by atoms with Crippen LogP contribution in [0.1, 0.15) is 21.5 Å². The lowest BCUT2D eigenvalue weighted by Crippen LogP contribution is -2.04. The molecule has 5 nitrogen and oxygen atoms in total. The van der Waals surface area contributed by atoms with Crippen LogP contribution in [0.2, 0.25) is 0 Å². The van der Waals surface area contributed by atoms with Gasteiger partial charge in [0.15, 0.2) is 23.1 Å². The summed E-state index contributed by atoms with van der Waals surface area (Å²) >= 11 is 0. The number of halogens is 1. The van der Waals surface area contributed by atoms with Gasteiger partial charge in [0.2, 0.25) is 0 Å². The maximum atomic E-state index is 13.7. The average Bonchev–Trinajstić information content (AvgIpc) is 2.41. The summed E-state index contributed by atoms with van der Waals surface area (Å²) in [6.07, 6.45) is 0. The third kappa shape index (κ3) is 2.11. The standard InChI is InChI=1S/C14H11FO5/c1-6-10(17)4-7(5-11(6)18)13(19)8-2-3-9(16)14(20)12(8)15/h2-5,16-18,20H,1H3. The molecule has 2 aromatic carbocycles. The number of carbonyl (C=O) groups excluding carboxylic acids is 1. The second-order valence-electron chi connectivity index (χ2n) is 4.26. The summed E-state index contributed by atoms with van der Waals surface area (Å²) in [5, 5.41) is 37.5. The number of benzene rings is 2. The molecule has 0 spiro atoms. The Hall–Kier alpha value is -2.76. The van der Waals surface area contributed by atoms with Gasteiger partial charge in [-0.25, -0.2) is 4.39 Å². The summed E-state index contributed by atoms with van der Waals surface area (Å²) in [6.45, 7) is 1.45. The number of hydrogen-bond acceptors (Lipinski definition) is 5. The van der Waals surface area contributed by atoms with Crippen molar-refractivity contribution in [2.45, 2.75) is 6.92 Å². The Bertz CT molecular complexity index is 686. The molecule has 0 radical (unpaired) electrons. The lowest BCUT2D eigenvalue weighted by molar-refractivity contribution is 0.103. The predicted molar refractivity (Wildman–Crippen MR) is 67.7 cm³/mol. The van der Waals surface area contributed by atoms with E-state index in [0.29, 0.717) is 0 Å². The topological polar surface area (TPSA) is 98.0 Å². The summed E-state index contributed by atoms with van der Waals surface area (Å²) in [4.78, 5) is 12.1. The second kappa shape index (κ2) is 4.73. The maximum absolute atomic E-state index is 13.7. The number of rotatable bonds is 2. The van der Waals surface area contributed by atoms with Crippen molar-refractivity contribution in [2.24, 2.45) is 0 Å². The van der Waals surface area contributed by atoms with E-state index in [4.69, 9.17) is 5.11 Å². The van der Waals surface area contributed by atoms with Crippen LogP contribution in [0.15, 0.2) is 24.3 Å². The smallest absolute Gasteiger partial charge is 0.196 e. The number of ketones is 1. The molecule has 0 aliphatic carbocycles. The molecule has 0 unspecified atom stereocenters. The molecule has 0 saturated carbocycles. The van der Waals surface area contributed by atoms with Gasteiger partial charge in [0.25, 0.3) is 0 Å². The van der Waals surface area contributed by atoms with E-state index in [1.54, 1.807) is 0 Å². The molecule has 2 aromatic rings. The first-order valence-corrected chi connectivity index (χ1v) is 5.60. The van der Waals surface area contributed by atoms with E-state index in [1.807, 2.05) is 0 Å². The van der Waals surface area contributed by atoms with Crippen LogP contribution in [0.3, 0.4) is 0 Å².